The van der Waals surface area contributed by atoms with Crippen LogP contribution in [0, 0.1) is 34.6 Å². The Bertz CT molecular complexity index is 1340. The Labute approximate surface area is 214 Å². The average molecular weight is 481 g/mol. The van der Waals surface area contributed by atoms with Crippen molar-refractivity contribution in [1.29, 1.82) is 0 Å². The molecule has 0 radical (unpaired) electrons. The van der Waals surface area contributed by atoms with Crippen molar-refractivity contribution in [3.05, 3.63) is 94.1 Å². The Morgan fingerprint density at radius 2 is 1.61 bits per heavy atom. The van der Waals surface area contributed by atoms with Gasteiger partial charge in [0.25, 0.3) is 5.69 Å². The number of nitrogens with one attached hydrogen (secondary N) is 1. The van der Waals surface area contributed by atoms with Crippen LogP contribution < -0.4 is 10.3 Å². The van der Waals surface area contributed by atoms with Gasteiger partial charge in [0.05, 0.1) is 0 Å². The van der Waals surface area contributed by atoms with Crippen LogP contribution in [-0.2, 0) is 6.54 Å². The van der Waals surface area contributed by atoms with E-state index in [1.165, 1.54) is 44.8 Å². The van der Waals surface area contributed by atoms with Crippen LogP contribution >= 0.6 is 0 Å². The molecule has 2 heterocycles. The number of aryl methyl sites for hydroxylation is 5. The van der Waals surface area contributed by atoms with Crippen LogP contribution in [0.15, 0.2) is 60.2 Å². The Kier molecular flexibility index (Phi) is 6.46. The van der Waals surface area contributed by atoms with E-state index in [4.69, 9.17) is 5.11 Å². The molecule has 2 aliphatic rings. The van der Waals surface area contributed by atoms with Crippen molar-refractivity contribution in [2.24, 2.45) is 5.11 Å². The normalized spacial score (nSPS) is 15.4. The molecule has 0 unspecified atom stereocenters. The molecule has 0 fully saturated rings. The van der Waals surface area contributed by atoms with Gasteiger partial charge in [0, 0.05) is 33.2 Å². The molecule has 6 heteroatoms. The van der Waals surface area contributed by atoms with Crippen LogP contribution in [0.3, 0.4) is 0 Å². The zero-order valence-electron chi connectivity index (χ0n) is 22.0. The first kappa shape index (κ1) is 23.9. The molecule has 2 aliphatic heterocycles. The molecule has 0 saturated carbocycles. The number of nitrogens with zero attached hydrogens (tertiary/aromatic N) is 5. The van der Waals surface area contributed by atoms with Crippen LogP contribution in [-0.4, -0.2) is 40.6 Å². The largest absolute Gasteiger partial charge is 0.267 e. The number of hydrogen-bond acceptors (Lipinski definition) is 4. The topological polar surface area (TPSA) is 36.9 Å². The van der Waals surface area contributed by atoms with Gasteiger partial charge in [-0.15, -0.1) is 0 Å². The fraction of sp³-hybridized carbons (Fsp3) is 0.300. The van der Waals surface area contributed by atoms with E-state index in [1.54, 1.807) is 0 Å². The van der Waals surface area contributed by atoms with Gasteiger partial charge in [-0.05, 0) is 56.9 Å². The minimum Gasteiger partial charge on any atom is -0.229 e. The van der Waals surface area contributed by atoms with E-state index < -0.39 is 0 Å². The molecule has 0 aromatic heterocycles. The van der Waals surface area contributed by atoms with Gasteiger partial charge in [0.2, 0.25) is 6.34 Å². The first-order valence-electron chi connectivity index (χ1n) is 12.6. The van der Waals surface area contributed by atoms with Crippen LogP contribution in [0.4, 0.5) is 17.1 Å². The number of azo groups is 1. The molecule has 0 amide bonds. The lowest BCUT2D eigenvalue weighted by atomic mass is 10.0. The third-order valence-electron chi connectivity index (χ3n) is 7.01. The highest BCUT2D eigenvalue weighted by Gasteiger charge is 2.32. The predicted molar refractivity (Wildman–Crippen MR) is 147 cm³/mol. The van der Waals surface area contributed by atoms with Crippen LogP contribution in [0.5, 0.6) is 0 Å². The summed E-state index contributed by atoms with van der Waals surface area (Å²) < 4.78 is 2.40. The zero-order valence-corrected chi connectivity index (χ0v) is 22.0. The Hall–Kier alpha value is -3.77. The highest BCUT2D eigenvalue weighted by Crippen LogP contribution is 2.33. The maximum Gasteiger partial charge on any atom is 0.267 e. The second-order valence-corrected chi connectivity index (χ2v) is 9.93. The summed E-state index contributed by atoms with van der Waals surface area (Å²) in [7, 11) is 0. The Morgan fingerprint density at radius 3 is 2.25 bits per heavy atom. The molecule has 0 aliphatic carbocycles. The van der Waals surface area contributed by atoms with Crippen molar-refractivity contribution in [3.8, 4) is 0 Å². The van der Waals surface area contributed by atoms with Crippen molar-refractivity contribution < 1.29 is 9.38 Å². The van der Waals surface area contributed by atoms with E-state index in [-0.39, 0.29) is 0 Å². The quantitative estimate of drug-likeness (QED) is 0.436. The molecule has 0 atom stereocenters. The second-order valence-electron chi connectivity index (χ2n) is 9.93. The lowest BCUT2D eigenvalue weighted by Crippen LogP contribution is -2.36. The molecular formula is C30H36N6+2. The van der Waals surface area contributed by atoms with Gasteiger partial charge < -0.3 is 0 Å². The number of anilines is 1. The summed E-state index contributed by atoms with van der Waals surface area (Å²) in [4.78, 5) is 4.38. The standard InChI is InChI=1S/C30H36N6/c1-7-26-8-10-27(11-9-26)18-35-31-19-32-36(35)28-16-24(5)30(25(6)17-28)34-13-12-33(20-34)29-22(3)14-21(2)15-23(29)4/h7-11,14-17,20,31H,1,12-13,18-19H2,2-6H3/q+2. The molecule has 0 spiro atoms. The molecule has 36 heavy (non-hydrogen) atoms. The first-order chi connectivity index (χ1) is 17.3. The first-order valence-corrected chi connectivity index (χ1v) is 12.6. The van der Waals surface area contributed by atoms with Crippen LogP contribution in [0.25, 0.3) is 6.08 Å². The maximum absolute atomic E-state index is 4.71. The SMILES string of the molecule is C=Cc1ccc(CN2NCN=[N+]2c2cc(C)c(N3C=[N+](c4c(C)cc(C)cc4C)CC3)c(C)c2)cc1. The van der Waals surface area contributed by atoms with Crippen molar-refractivity contribution in [2.75, 3.05) is 24.7 Å². The van der Waals surface area contributed by atoms with E-state index in [9.17, 15) is 0 Å². The summed E-state index contributed by atoms with van der Waals surface area (Å²) in [6.45, 7) is 18.1. The van der Waals surface area contributed by atoms with Gasteiger partial charge in [0.15, 0.2) is 6.67 Å². The second kappa shape index (κ2) is 9.70. The van der Waals surface area contributed by atoms with Gasteiger partial charge in [0.1, 0.15) is 31.0 Å². The summed E-state index contributed by atoms with van der Waals surface area (Å²) in [5.41, 5.74) is 15.9. The monoisotopic (exact) mass is 480 g/mol. The molecular weight excluding hydrogens is 444 g/mol. The summed E-state index contributed by atoms with van der Waals surface area (Å²) in [6, 6.07) is 17.5. The average Bonchev–Trinajstić information content (AvgIpc) is 3.48. The molecule has 1 N–H and O–H groups in total. The fourth-order valence-corrected chi connectivity index (χ4v) is 5.56. The molecule has 184 valence electrons. The molecule has 5 rings (SSSR count). The minimum absolute atomic E-state index is 0.564. The molecule has 0 bridgehead atoms. The Balaban J connectivity index is 1.40. The smallest absolute Gasteiger partial charge is 0.229 e. The highest BCUT2D eigenvalue weighted by atomic mass is 15.9. The highest BCUT2D eigenvalue weighted by molar-refractivity contribution is 5.82. The Morgan fingerprint density at radius 1 is 0.944 bits per heavy atom. The molecule has 3 aromatic rings. The number of hydrogen-bond donors (Lipinski definition) is 1. The summed E-state index contributed by atoms with van der Waals surface area (Å²) in [5, 5.41) is 6.78. The van der Waals surface area contributed by atoms with Gasteiger partial charge in [-0.2, -0.15) is 5.43 Å². The summed E-state index contributed by atoms with van der Waals surface area (Å²) >= 11 is 0. The van der Waals surface area contributed by atoms with E-state index in [2.05, 4.69) is 116 Å². The number of benzene rings is 3. The lowest BCUT2D eigenvalue weighted by molar-refractivity contribution is -0.677. The minimum atomic E-state index is 0.564. The predicted octanol–water partition coefficient (Wildman–Crippen LogP) is 6.05. The summed E-state index contributed by atoms with van der Waals surface area (Å²) in [5.74, 6) is 0. The molecule has 0 saturated heterocycles. The third kappa shape index (κ3) is 4.56. The molecule has 6 nitrogen and oxygen atoms in total. The number of hydrazine groups is 2. The third-order valence-corrected chi connectivity index (χ3v) is 7.01. The van der Waals surface area contributed by atoms with E-state index in [1.807, 2.05) is 10.9 Å². The zero-order chi connectivity index (χ0) is 25.4. The van der Waals surface area contributed by atoms with Gasteiger partial charge >= 0.3 is 0 Å². The van der Waals surface area contributed by atoms with E-state index in [0.29, 0.717) is 6.67 Å². The molecule has 3 aromatic carbocycles. The van der Waals surface area contributed by atoms with Crippen molar-refractivity contribution in [3.63, 3.8) is 0 Å². The van der Waals surface area contributed by atoms with Crippen molar-refractivity contribution in [2.45, 2.75) is 41.2 Å². The maximum atomic E-state index is 4.71. The number of rotatable bonds is 6. The summed E-state index contributed by atoms with van der Waals surface area (Å²) in [6.07, 6.45) is 4.15. The fourth-order valence-electron chi connectivity index (χ4n) is 5.56. The van der Waals surface area contributed by atoms with E-state index in [0.717, 1.165) is 30.9 Å². The van der Waals surface area contributed by atoms with Gasteiger partial charge in [-0.3, -0.25) is 0 Å². The lowest BCUT2D eigenvalue weighted by Gasteiger charge is -2.15. The van der Waals surface area contributed by atoms with Gasteiger partial charge in [-0.25, -0.2) is 9.48 Å². The van der Waals surface area contributed by atoms with E-state index >= 15 is 0 Å². The van der Waals surface area contributed by atoms with Crippen molar-refractivity contribution >= 4 is 29.5 Å². The van der Waals surface area contributed by atoms with Crippen LogP contribution in [0.1, 0.15) is 38.9 Å². The van der Waals surface area contributed by atoms with Gasteiger partial charge in [-0.1, -0.05) is 59.7 Å². The van der Waals surface area contributed by atoms with Crippen LogP contribution in [0.2, 0.25) is 0 Å². The van der Waals surface area contributed by atoms with Crippen molar-refractivity contribution in [1.82, 2.24) is 10.5 Å².